The molecule has 0 unspecified atom stereocenters. The molecule has 3 N–H and O–H groups in total. The van der Waals surface area contributed by atoms with Crippen molar-refractivity contribution in [1.82, 2.24) is 15.0 Å². The highest BCUT2D eigenvalue weighted by Gasteiger charge is 2.48. The van der Waals surface area contributed by atoms with Gasteiger partial charge in [0.25, 0.3) is 0 Å². The molecule has 0 radical (unpaired) electrons. The standard InChI is InChI=1S/C33H34F9N5O6/c1-3-30(43)16-21(27-23(7-8-25(46-27)33(40,41)42)47(30)29(50)53-9-5-4-6-26(48)49)28-44-17-24(52-11-10-51-2)22(45-28)14-18-12-19(31(34,35)36)15-20(13-18)32(37,38)39/h7-8,12-13,15,17,21H,3-6,9-11,14,16,43H2,1-2H3,(H,48,49)/t21-,30+/m0/s1. The van der Waals surface area contributed by atoms with Crippen LogP contribution in [0.15, 0.2) is 36.5 Å². The maximum atomic E-state index is 13.9. The van der Waals surface area contributed by atoms with Crippen LogP contribution in [-0.2, 0) is 39.2 Å². The van der Waals surface area contributed by atoms with Crippen LogP contribution in [0, 0.1) is 0 Å². The highest BCUT2D eigenvalue weighted by Crippen LogP contribution is 2.46. The second-order valence-corrected chi connectivity index (χ2v) is 12.1. The minimum Gasteiger partial charge on any atom is -0.488 e. The summed E-state index contributed by atoms with van der Waals surface area (Å²) in [6.07, 6.45) is -16.1. The molecule has 3 heterocycles. The van der Waals surface area contributed by atoms with Crippen molar-refractivity contribution < 1.29 is 68.4 Å². The zero-order valence-corrected chi connectivity index (χ0v) is 28.2. The number of halogens is 9. The van der Waals surface area contributed by atoms with E-state index >= 15 is 0 Å². The van der Waals surface area contributed by atoms with Crippen molar-refractivity contribution in [3.8, 4) is 5.75 Å². The van der Waals surface area contributed by atoms with E-state index in [4.69, 9.17) is 25.1 Å². The minimum absolute atomic E-state index is 0.00635. The van der Waals surface area contributed by atoms with Gasteiger partial charge in [0.1, 0.15) is 23.8 Å². The summed E-state index contributed by atoms with van der Waals surface area (Å²) in [5.74, 6) is -2.78. The summed E-state index contributed by atoms with van der Waals surface area (Å²) in [6.45, 7) is 1.22. The Bertz CT molecular complexity index is 1760. The van der Waals surface area contributed by atoms with Crippen LogP contribution < -0.4 is 15.4 Å². The average molecular weight is 768 g/mol. The Hall–Kier alpha value is -4.72. The van der Waals surface area contributed by atoms with Gasteiger partial charge in [0, 0.05) is 20.0 Å². The minimum atomic E-state index is -5.14. The number of benzene rings is 1. The molecule has 20 heteroatoms. The molecule has 53 heavy (non-hydrogen) atoms. The van der Waals surface area contributed by atoms with Gasteiger partial charge in [-0.05, 0) is 61.6 Å². The summed E-state index contributed by atoms with van der Waals surface area (Å²) in [5.41, 5.74) is -0.702. The third-order valence-corrected chi connectivity index (χ3v) is 8.30. The number of nitrogens with zero attached hydrogens (tertiary/aromatic N) is 4. The number of ether oxygens (including phenoxy) is 3. The number of alkyl halides is 9. The molecule has 0 bridgehead atoms. The van der Waals surface area contributed by atoms with Gasteiger partial charge in [-0.15, -0.1) is 0 Å². The number of unbranched alkanes of at least 4 members (excludes halogenated alkanes) is 1. The van der Waals surface area contributed by atoms with Gasteiger partial charge < -0.3 is 25.1 Å². The highest BCUT2D eigenvalue weighted by molar-refractivity contribution is 5.91. The zero-order chi connectivity index (χ0) is 39.4. The van der Waals surface area contributed by atoms with Crippen molar-refractivity contribution in [2.75, 3.05) is 31.8 Å². The molecular weight excluding hydrogens is 733 g/mol. The second-order valence-electron chi connectivity index (χ2n) is 12.1. The fourth-order valence-electron chi connectivity index (χ4n) is 5.64. The molecular formula is C33H34F9N5O6. The summed E-state index contributed by atoms with van der Waals surface area (Å²) in [4.78, 5) is 37.6. The van der Waals surface area contributed by atoms with E-state index in [0.29, 0.717) is 18.2 Å². The molecule has 1 aliphatic rings. The molecule has 0 fully saturated rings. The number of pyridine rings is 1. The van der Waals surface area contributed by atoms with E-state index in [1.54, 1.807) is 6.92 Å². The van der Waals surface area contributed by atoms with Gasteiger partial charge in [-0.2, -0.15) is 39.5 Å². The maximum Gasteiger partial charge on any atom is 0.433 e. The number of carboxylic acid groups (broad SMARTS) is 1. The lowest BCUT2D eigenvalue weighted by Gasteiger charge is -2.46. The summed E-state index contributed by atoms with van der Waals surface area (Å²) in [6, 6.07) is 2.57. The van der Waals surface area contributed by atoms with Crippen LogP contribution in [0.2, 0.25) is 0 Å². The van der Waals surface area contributed by atoms with Gasteiger partial charge in [-0.25, -0.2) is 19.7 Å². The van der Waals surface area contributed by atoms with Crippen LogP contribution in [-0.4, -0.2) is 64.7 Å². The van der Waals surface area contributed by atoms with Crippen molar-refractivity contribution >= 4 is 17.7 Å². The second kappa shape index (κ2) is 16.1. The molecule has 0 saturated carbocycles. The van der Waals surface area contributed by atoms with Crippen LogP contribution >= 0.6 is 0 Å². The average Bonchev–Trinajstić information content (AvgIpc) is 3.06. The van der Waals surface area contributed by atoms with Gasteiger partial charge >= 0.3 is 30.6 Å². The molecule has 11 nitrogen and oxygen atoms in total. The largest absolute Gasteiger partial charge is 0.488 e. The van der Waals surface area contributed by atoms with E-state index in [9.17, 15) is 49.1 Å². The summed E-state index contributed by atoms with van der Waals surface area (Å²) in [7, 11) is 1.35. The molecule has 2 aromatic heterocycles. The first-order valence-corrected chi connectivity index (χ1v) is 16.0. The predicted molar refractivity (Wildman–Crippen MR) is 167 cm³/mol. The summed E-state index contributed by atoms with van der Waals surface area (Å²) < 4.78 is 140. The first kappa shape index (κ1) is 41.0. The fourth-order valence-corrected chi connectivity index (χ4v) is 5.64. The van der Waals surface area contributed by atoms with Gasteiger partial charge in [0.15, 0.2) is 5.75 Å². The molecule has 0 saturated heterocycles. The van der Waals surface area contributed by atoms with Crippen molar-refractivity contribution in [2.45, 2.75) is 75.6 Å². The predicted octanol–water partition coefficient (Wildman–Crippen LogP) is 7.34. The Labute approximate surface area is 296 Å². The van der Waals surface area contributed by atoms with Crippen LogP contribution in [0.1, 0.15) is 84.5 Å². The maximum absolute atomic E-state index is 13.9. The third kappa shape index (κ3) is 10.0. The fraction of sp³-hybridized carbons (Fsp3) is 0.485. The van der Waals surface area contributed by atoms with E-state index in [2.05, 4.69) is 15.0 Å². The highest BCUT2D eigenvalue weighted by atomic mass is 19.4. The monoisotopic (exact) mass is 767 g/mol. The first-order valence-electron chi connectivity index (χ1n) is 16.0. The Kier molecular flexibility index (Phi) is 12.5. The van der Waals surface area contributed by atoms with Crippen molar-refractivity contribution in [2.24, 2.45) is 5.73 Å². The van der Waals surface area contributed by atoms with Crippen LogP contribution in [0.25, 0.3) is 0 Å². The molecule has 0 spiro atoms. The third-order valence-electron chi connectivity index (χ3n) is 8.30. The molecule has 1 amide bonds. The Balaban J connectivity index is 1.84. The number of methoxy groups -OCH3 is 1. The number of amides is 1. The number of anilines is 1. The van der Waals surface area contributed by atoms with Crippen LogP contribution in [0.3, 0.4) is 0 Å². The SMILES string of the molecule is CC[C@]1(N)C[C@H](c2ncc(OCCOC)c(Cc3cc(C(F)(F)F)cc(C(F)(F)F)c3)n2)c2nc(C(F)(F)F)ccc2N1C(=O)OCCCCC(=O)O. The number of carbonyl (C=O) groups excluding carboxylic acids is 1. The summed E-state index contributed by atoms with van der Waals surface area (Å²) >= 11 is 0. The lowest BCUT2D eigenvalue weighted by Crippen LogP contribution is -2.62. The Morgan fingerprint density at radius 1 is 0.943 bits per heavy atom. The number of hydrogen-bond donors (Lipinski definition) is 2. The van der Waals surface area contributed by atoms with Crippen LogP contribution in [0.4, 0.5) is 50.0 Å². The van der Waals surface area contributed by atoms with Gasteiger partial charge in [0.05, 0.1) is 53.5 Å². The molecule has 2 atom stereocenters. The lowest BCUT2D eigenvalue weighted by molar-refractivity contribution is -0.143. The number of fused-ring (bicyclic) bond motifs is 1. The molecule has 4 rings (SSSR count). The number of carboxylic acids is 1. The van der Waals surface area contributed by atoms with Crippen molar-refractivity contribution in [3.63, 3.8) is 0 Å². The quantitative estimate of drug-likeness (QED) is 0.134. The van der Waals surface area contributed by atoms with Crippen molar-refractivity contribution in [3.05, 3.63) is 76.1 Å². The number of rotatable bonds is 13. The summed E-state index contributed by atoms with van der Waals surface area (Å²) in [5, 5.41) is 8.85. The van der Waals surface area contributed by atoms with E-state index in [-0.39, 0.29) is 86.6 Å². The Morgan fingerprint density at radius 3 is 2.17 bits per heavy atom. The van der Waals surface area contributed by atoms with E-state index in [1.807, 2.05) is 0 Å². The molecule has 1 aromatic carbocycles. The number of aromatic nitrogens is 3. The number of aliphatic carboxylic acids is 1. The lowest BCUT2D eigenvalue weighted by atomic mass is 9.83. The zero-order valence-electron chi connectivity index (χ0n) is 28.2. The Morgan fingerprint density at radius 2 is 1.60 bits per heavy atom. The molecule has 0 aliphatic carbocycles. The van der Waals surface area contributed by atoms with E-state index in [0.717, 1.165) is 17.2 Å². The van der Waals surface area contributed by atoms with Crippen molar-refractivity contribution in [1.29, 1.82) is 0 Å². The first-order chi connectivity index (χ1) is 24.7. The number of hydrogen-bond acceptors (Lipinski definition) is 9. The number of nitrogens with two attached hydrogens (primary N) is 1. The topological polar surface area (TPSA) is 150 Å². The van der Waals surface area contributed by atoms with Gasteiger partial charge in [-0.3, -0.25) is 9.69 Å². The molecule has 290 valence electrons. The number of carbonyl (C=O) groups is 2. The smallest absolute Gasteiger partial charge is 0.433 e. The molecule has 3 aromatic rings. The van der Waals surface area contributed by atoms with E-state index < -0.39 is 71.0 Å². The van der Waals surface area contributed by atoms with Gasteiger partial charge in [-0.1, -0.05) is 6.92 Å². The molecule has 1 aliphatic heterocycles. The van der Waals surface area contributed by atoms with Gasteiger partial charge in [0.2, 0.25) is 0 Å². The van der Waals surface area contributed by atoms with E-state index in [1.165, 1.54) is 7.11 Å². The normalized spacial score (nSPS) is 17.7. The van der Waals surface area contributed by atoms with Crippen LogP contribution in [0.5, 0.6) is 5.75 Å².